The Balaban J connectivity index is 2.02. The van der Waals surface area contributed by atoms with Crippen molar-refractivity contribution in [3.05, 3.63) is 23.3 Å². The predicted octanol–water partition coefficient (Wildman–Crippen LogP) is 1.90. The highest BCUT2D eigenvalue weighted by Crippen LogP contribution is 2.56. The summed E-state index contributed by atoms with van der Waals surface area (Å²) in [7, 11) is 4.52. The molecule has 2 N–H and O–H groups in total. The summed E-state index contributed by atoms with van der Waals surface area (Å²) in [5, 5.41) is 12.8. The highest BCUT2D eigenvalue weighted by molar-refractivity contribution is 6.08. The van der Waals surface area contributed by atoms with Crippen molar-refractivity contribution in [2.24, 2.45) is 0 Å². The summed E-state index contributed by atoms with van der Waals surface area (Å²) < 4.78 is 38.3. The van der Waals surface area contributed by atoms with Gasteiger partial charge in [-0.25, -0.2) is 9.59 Å². The molecule has 2 aromatic rings. The van der Waals surface area contributed by atoms with Crippen LogP contribution in [-0.2, 0) is 4.74 Å². The monoisotopic (exact) mass is 447 g/mol. The number of aromatic carboxylic acids is 1. The number of fused-ring (bicyclic) bond motifs is 2. The molecule has 4 rings (SSSR count). The highest BCUT2D eigenvalue weighted by atomic mass is 16.7. The second kappa shape index (κ2) is 8.71. The molecule has 0 fully saturated rings. The van der Waals surface area contributed by atoms with Crippen LogP contribution in [0.25, 0.3) is 11.1 Å². The van der Waals surface area contributed by atoms with E-state index in [0.29, 0.717) is 6.54 Å². The van der Waals surface area contributed by atoms with Gasteiger partial charge in [0.25, 0.3) is 0 Å². The Morgan fingerprint density at radius 2 is 1.41 bits per heavy atom. The molecule has 0 spiro atoms. The van der Waals surface area contributed by atoms with Crippen molar-refractivity contribution in [3.8, 4) is 45.6 Å². The lowest BCUT2D eigenvalue weighted by Gasteiger charge is -2.18. The highest BCUT2D eigenvalue weighted by Gasteiger charge is 2.37. The van der Waals surface area contributed by atoms with Crippen LogP contribution in [0, 0.1) is 0 Å². The smallest absolute Gasteiger partial charge is 0.339 e. The molecule has 2 aliphatic rings. The van der Waals surface area contributed by atoms with Gasteiger partial charge in [0.2, 0.25) is 25.1 Å². The van der Waals surface area contributed by atoms with E-state index < -0.39 is 11.9 Å². The average Bonchev–Trinajstić information content (AvgIpc) is 3.47. The summed E-state index contributed by atoms with van der Waals surface area (Å²) in [5.74, 6) is -0.870. The van der Waals surface area contributed by atoms with Gasteiger partial charge in [-0.3, -0.25) is 0 Å². The van der Waals surface area contributed by atoms with Crippen molar-refractivity contribution in [2.45, 2.75) is 0 Å². The summed E-state index contributed by atoms with van der Waals surface area (Å²) in [6.45, 7) is 0.226. The third kappa shape index (κ3) is 3.46. The molecule has 11 nitrogen and oxygen atoms in total. The van der Waals surface area contributed by atoms with E-state index in [2.05, 4.69) is 5.32 Å². The van der Waals surface area contributed by atoms with Crippen LogP contribution in [0.3, 0.4) is 0 Å². The number of carboxylic acid groups (broad SMARTS) is 1. The molecule has 2 heterocycles. The van der Waals surface area contributed by atoms with Crippen molar-refractivity contribution in [1.29, 1.82) is 0 Å². The number of likely N-dealkylation sites (N-methyl/N-ethyl adjacent to an activating group) is 1. The van der Waals surface area contributed by atoms with Gasteiger partial charge < -0.3 is 43.6 Å². The van der Waals surface area contributed by atoms with Crippen molar-refractivity contribution in [1.82, 2.24) is 5.32 Å². The minimum Gasteiger partial charge on any atom is -0.493 e. The average molecular weight is 447 g/mol. The van der Waals surface area contributed by atoms with Crippen molar-refractivity contribution >= 4 is 11.9 Å². The van der Waals surface area contributed by atoms with Gasteiger partial charge in [0.05, 0.1) is 25.3 Å². The molecule has 0 radical (unpaired) electrons. The van der Waals surface area contributed by atoms with Crippen LogP contribution in [0.4, 0.5) is 0 Å². The van der Waals surface area contributed by atoms with E-state index in [4.69, 9.17) is 33.2 Å². The lowest BCUT2D eigenvalue weighted by molar-refractivity contribution is 0.0510. The minimum atomic E-state index is -1.27. The quantitative estimate of drug-likeness (QED) is 0.454. The van der Waals surface area contributed by atoms with Crippen LogP contribution < -0.4 is 33.7 Å². The zero-order valence-electron chi connectivity index (χ0n) is 17.6. The first-order valence-electron chi connectivity index (χ1n) is 9.58. The topological polar surface area (TPSA) is 131 Å². The third-order valence-corrected chi connectivity index (χ3v) is 4.94. The fourth-order valence-corrected chi connectivity index (χ4v) is 3.53. The molecular weight excluding hydrogens is 426 g/mol. The molecule has 0 amide bonds. The molecule has 0 atom stereocenters. The van der Waals surface area contributed by atoms with Gasteiger partial charge >= 0.3 is 11.9 Å². The zero-order chi connectivity index (χ0) is 22.8. The number of carbonyl (C=O) groups excluding carboxylic acids is 1. The number of hydrogen-bond acceptors (Lipinski definition) is 10. The Morgan fingerprint density at radius 3 is 1.91 bits per heavy atom. The van der Waals surface area contributed by atoms with E-state index >= 15 is 0 Å². The van der Waals surface area contributed by atoms with E-state index in [9.17, 15) is 14.7 Å². The van der Waals surface area contributed by atoms with Crippen LogP contribution in [0.5, 0.6) is 34.5 Å². The van der Waals surface area contributed by atoms with Crippen LogP contribution in [0.15, 0.2) is 12.1 Å². The standard InChI is InChI=1S/C21H21NO10/c1-22-4-5-28-21(25)11-7-13(27-3)17-19(32-9-30-17)15(11)14-10(20(23)24)6-12(26-2)16-18(14)31-8-29-16/h6-7,22H,4-5,8-9H2,1-3H3,(H,23,24). The zero-order valence-corrected chi connectivity index (χ0v) is 17.6. The Labute approximate surface area is 182 Å². The Morgan fingerprint density at radius 1 is 0.906 bits per heavy atom. The number of rotatable bonds is 8. The molecule has 0 saturated heterocycles. The molecule has 0 aromatic heterocycles. The normalized spacial score (nSPS) is 13.1. The van der Waals surface area contributed by atoms with Crippen LogP contribution >= 0.6 is 0 Å². The molecule has 32 heavy (non-hydrogen) atoms. The van der Waals surface area contributed by atoms with Gasteiger partial charge in [0.1, 0.15) is 6.61 Å². The Bertz CT molecular complexity index is 1080. The first kappa shape index (κ1) is 21.4. The van der Waals surface area contributed by atoms with Gasteiger partial charge in [-0.05, 0) is 19.2 Å². The number of hydrogen-bond donors (Lipinski definition) is 2. The number of methoxy groups -OCH3 is 2. The van der Waals surface area contributed by atoms with Crippen molar-refractivity contribution < 1.29 is 47.9 Å². The maximum absolute atomic E-state index is 13.0. The van der Waals surface area contributed by atoms with Crippen molar-refractivity contribution in [3.63, 3.8) is 0 Å². The van der Waals surface area contributed by atoms with Gasteiger partial charge in [0.15, 0.2) is 23.0 Å². The molecule has 0 bridgehead atoms. The third-order valence-electron chi connectivity index (χ3n) is 4.94. The fourth-order valence-electron chi connectivity index (χ4n) is 3.53. The summed E-state index contributed by atoms with van der Waals surface area (Å²) in [6.07, 6.45) is 0. The van der Waals surface area contributed by atoms with Crippen molar-refractivity contribution in [2.75, 3.05) is 48.0 Å². The second-order valence-electron chi connectivity index (χ2n) is 6.68. The van der Waals surface area contributed by atoms with E-state index in [1.165, 1.54) is 26.4 Å². The number of nitrogens with one attached hydrogen (secondary N) is 1. The van der Waals surface area contributed by atoms with Crippen LogP contribution in [0.1, 0.15) is 20.7 Å². The Hall–Kier alpha value is -3.86. The van der Waals surface area contributed by atoms with Gasteiger partial charge in [-0.2, -0.15) is 0 Å². The number of benzene rings is 2. The number of esters is 1. The van der Waals surface area contributed by atoms with Crippen LogP contribution in [-0.4, -0.2) is 65.0 Å². The summed E-state index contributed by atoms with van der Waals surface area (Å²) in [5.41, 5.74) is 0.0520. The SMILES string of the molecule is CNCCOC(=O)c1cc(OC)c2c(c1-c1c(C(=O)O)cc(OC)c3c1OCO3)OCO2. The van der Waals surface area contributed by atoms with Gasteiger partial charge in [0, 0.05) is 17.7 Å². The maximum atomic E-state index is 13.0. The largest absolute Gasteiger partial charge is 0.493 e. The summed E-state index contributed by atoms with van der Waals surface area (Å²) in [4.78, 5) is 25.2. The first-order valence-corrected chi connectivity index (χ1v) is 9.58. The molecule has 0 unspecified atom stereocenters. The minimum absolute atomic E-state index is 0.0209. The maximum Gasteiger partial charge on any atom is 0.339 e. The van der Waals surface area contributed by atoms with E-state index in [1.54, 1.807) is 7.05 Å². The summed E-state index contributed by atoms with van der Waals surface area (Å²) in [6, 6.07) is 2.72. The molecule has 170 valence electrons. The molecule has 2 aliphatic heterocycles. The molecule has 0 aliphatic carbocycles. The number of carbonyl (C=O) groups is 2. The second-order valence-corrected chi connectivity index (χ2v) is 6.68. The van der Waals surface area contributed by atoms with E-state index in [1.807, 2.05) is 0 Å². The lowest BCUT2D eigenvalue weighted by atomic mass is 9.92. The predicted molar refractivity (Wildman–Crippen MR) is 108 cm³/mol. The molecule has 11 heteroatoms. The molecule has 2 aromatic carbocycles. The summed E-state index contributed by atoms with van der Waals surface area (Å²) >= 11 is 0. The number of ether oxygens (including phenoxy) is 7. The van der Waals surface area contributed by atoms with Gasteiger partial charge in [-0.1, -0.05) is 0 Å². The molecule has 0 saturated carbocycles. The number of carboxylic acids is 1. The van der Waals surface area contributed by atoms with E-state index in [0.717, 1.165) is 0 Å². The Kier molecular flexibility index (Phi) is 5.82. The van der Waals surface area contributed by atoms with Crippen LogP contribution in [0.2, 0.25) is 0 Å². The lowest BCUT2D eigenvalue weighted by Crippen LogP contribution is -2.18. The first-order chi connectivity index (χ1) is 15.5. The van der Waals surface area contributed by atoms with E-state index in [-0.39, 0.29) is 76.9 Å². The molecular formula is C21H21NO10. The van der Waals surface area contributed by atoms with Gasteiger partial charge in [-0.15, -0.1) is 0 Å². The fraction of sp³-hybridized carbons (Fsp3) is 0.333.